The van der Waals surface area contributed by atoms with Gasteiger partial charge in [0.15, 0.2) is 5.13 Å². The number of anilines is 1. The number of hydrogen-bond acceptors (Lipinski definition) is 6. The summed E-state index contributed by atoms with van der Waals surface area (Å²) in [4.78, 5) is 32.8. The average Bonchev–Trinajstić information content (AvgIpc) is 3.18. The molecule has 34 heavy (non-hydrogen) atoms. The zero-order valence-electron chi connectivity index (χ0n) is 19.1. The van der Waals surface area contributed by atoms with Crippen LogP contribution in [0.1, 0.15) is 28.5 Å². The van der Waals surface area contributed by atoms with Gasteiger partial charge in [-0.15, -0.1) is 11.3 Å². The molecule has 0 spiro atoms. The fourth-order valence-electron chi connectivity index (χ4n) is 4.85. The summed E-state index contributed by atoms with van der Waals surface area (Å²) in [6.45, 7) is 6.44. The molecule has 2 aliphatic heterocycles. The van der Waals surface area contributed by atoms with Crippen LogP contribution in [0.4, 0.5) is 5.13 Å². The van der Waals surface area contributed by atoms with E-state index in [1.165, 1.54) is 28.7 Å². The molecule has 2 aliphatic rings. The molecule has 1 saturated heterocycles. The number of thiocarbonyl (C=S) groups is 1. The minimum atomic E-state index is -0.106. The molecule has 2 bridgehead atoms. The number of carbonyl (C=O) groups is 1. The number of thiazole rings is 1. The second kappa shape index (κ2) is 9.64. The van der Waals surface area contributed by atoms with Crippen molar-refractivity contribution in [3.05, 3.63) is 69.0 Å². The van der Waals surface area contributed by atoms with Crippen molar-refractivity contribution in [2.24, 2.45) is 5.92 Å². The predicted molar refractivity (Wildman–Crippen MR) is 144 cm³/mol. The SMILES string of the molecule is Cc1ccc(-c2nc(NC(=O)CSC(=S)N3C[C@H]4C[C@@H](C3)c3cccc(=O)n3C4)sc2C)cc1. The third-order valence-corrected chi connectivity index (χ3v) is 8.84. The molecule has 0 saturated carbocycles. The molecular formula is C25H26N4O2S3. The number of amides is 1. The normalized spacial score (nSPS) is 18.9. The maximum Gasteiger partial charge on any atom is 0.250 e. The van der Waals surface area contributed by atoms with Crippen molar-refractivity contribution in [1.29, 1.82) is 0 Å². The van der Waals surface area contributed by atoms with Crippen LogP contribution in [0.15, 0.2) is 47.3 Å². The summed E-state index contributed by atoms with van der Waals surface area (Å²) in [6.07, 6.45) is 1.08. The van der Waals surface area contributed by atoms with Gasteiger partial charge in [-0.25, -0.2) is 4.98 Å². The molecule has 0 aliphatic carbocycles. The van der Waals surface area contributed by atoms with Crippen LogP contribution in [-0.4, -0.2) is 43.5 Å². The smallest absolute Gasteiger partial charge is 0.250 e. The number of aryl methyl sites for hydroxylation is 2. The molecule has 176 valence electrons. The molecule has 2 aromatic heterocycles. The lowest BCUT2D eigenvalue weighted by Gasteiger charge is -2.43. The van der Waals surface area contributed by atoms with Crippen LogP contribution < -0.4 is 10.9 Å². The van der Waals surface area contributed by atoms with Gasteiger partial charge in [-0.1, -0.05) is 59.9 Å². The van der Waals surface area contributed by atoms with Gasteiger partial charge in [0, 0.05) is 47.8 Å². The number of carbonyl (C=O) groups excluding carboxylic acids is 1. The van der Waals surface area contributed by atoms with Crippen LogP contribution >= 0.6 is 35.3 Å². The number of nitrogens with zero attached hydrogens (tertiary/aromatic N) is 3. The number of likely N-dealkylation sites (tertiary alicyclic amines) is 1. The number of piperidine rings is 1. The van der Waals surface area contributed by atoms with E-state index in [1.807, 2.05) is 17.6 Å². The molecule has 4 heterocycles. The van der Waals surface area contributed by atoms with Gasteiger partial charge < -0.3 is 14.8 Å². The van der Waals surface area contributed by atoms with Gasteiger partial charge in [0.25, 0.3) is 5.56 Å². The minimum absolute atomic E-state index is 0.0808. The summed E-state index contributed by atoms with van der Waals surface area (Å²) in [7, 11) is 0. The van der Waals surface area contributed by atoms with Gasteiger partial charge >= 0.3 is 0 Å². The van der Waals surface area contributed by atoms with Gasteiger partial charge in [0.05, 0.1) is 11.4 Å². The van der Waals surface area contributed by atoms with E-state index in [0.717, 1.165) is 52.2 Å². The zero-order chi connectivity index (χ0) is 23.8. The second-order valence-electron chi connectivity index (χ2n) is 9.00. The Morgan fingerprint density at radius 3 is 2.76 bits per heavy atom. The first kappa shape index (κ1) is 23.3. The monoisotopic (exact) mass is 510 g/mol. The molecule has 1 fully saturated rings. The van der Waals surface area contributed by atoms with Crippen LogP contribution in [0.25, 0.3) is 11.3 Å². The topological polar surface area (TPSA) is 67.2 Å². The fourth-order valence-corrected chi connectivity index (χ4v) is 6.68. The molecule has 9 heteroatoms. The number of fused-ring (bicyclic) bond motifs is 4. The lowest BCUT2D eigenvalue weighted by atomic mass is 9.83. The first-order valence-electron chi connectivity index (χ1n) is 11.3. The summed E-state index contributed by atoms with van der Waals surface area (Å²) < 4.78 is 2.66. The molecule has 1 N–H and O–H groups in total. The summed E-state index contributed by atoms with van der Waals surface area (Å²) >= 11 is 8.57. The Labute approximate surface area is 212 Å². The number of aromatic nitrogens is 2. The molecule has 1 aromatic carbocycles. The first-order chi connectivity index (χ1) is 16.4. The number of rotatable bonds is 4. The van der Waals surface area contributed by atoms with Gasteiger partial charge in [-0.05, 0) is 32.3 Å². The average molecular weight is 511 g/mol. The number of thioether (sulfide) groups is 1. The maximum atomic E-state index is 12.6. The Kier molecular flexibility index (Phi) is 6.59. The number of pyridine rings is 1. The van der Waals surface area contributed by atoms with Crippen LogP contribution in [0.2, 0.25) is 0 Å². The van der Waals surface area contributed by atoms with E-state index < -0.39 is 0 Å². The predicted octanol–water partition coefficient (Wildman–Crippen LogP) is 4.66. The molecule has 5 rings (SSSR count). The standard InChI is InChI=1S/C25H26N4O2S3/c1-15-6-8-18(9-7-15)23-16(2)34-24(27-23)26-21(30)14-33-25(32)28-11-17-10-19(13-28)20-4-3-5-22(31)29(20)12-17/h3-9,17,19H,10-14H2,1-2H3,(H,26,27,30)/t17-,19+/m1/s1. The Morgan fingerprint density at radius 1 is 1.18 bits per heavy atom. The van der Waals surface area contributed by atoms with Crippen molar-refractivity contribution >= 4 is 50.7 Å². The van der Waals surface area contributed by atoms with Gasteiger partial charge in [-0.3, -0.25) is 9.59 Å². The van der Waals surface area contributed by atoms with Crippen molar-refractivity contribution in [3.8, 4) is 11.3 Å². The lowest BCUT2D eigenvalue weighted by molar-refractivity contribution is -0.113. The van der Waals surface area contributed by atoms with Crippen LogP contribution in [0.3, 0.4) is 0 Å². The highest BCUT2D eigenvalue weighted by atomic mass is 32.2. The van der Waals surface area contributed by atoms with Gasteiger partial charge in [0.2, 0.25) is 5.91 Å². The van der Waals surface area contributed by atoms with Crippen molar-refractivity contribution in [2.75, 3.05) is 24.2 Å². The Bertz CT molecular complexity index is 1300. The van der Waals surface area contributed by atoms with E-state index in [4.69, 9.17) is 12.2 Å². The second-order valence-corrected chi connectivity index (χ2v) is 11.8. The summed E-state index contributed by atoms with van der Waals surface area (Å²) in [5.41, 5.74) is 4.34. The highest BCUT2D eigenvalue weighted by Gasteiger charge is 2.35. The first-order valence-corrected chi connectivity index (χ1v) is 13.5. The number of hydrogen-bond donors (Lipinski definition) is 1. The highest BCUT2D eigenvalue weighted by Crippen LogP contribution is 2.36. The van der Waals surface area contributed by atoms with Crippen molar-refractivity contribution in [1.82, 2.24) is 14.5 Å². The molecule has 0 radical (unpaired) electrons. The van der Waals surface area contributed by atoms with Crippen molar-refractivity contribution in [2.45, 2.75) is 32.7 Å². The lowest BCUT2D eigenvalue weighted by Crippen LogP contribution is -2.48. The highest BCUT2D eigenvalue weighted by molar-refractivity contribution is 8.23. The summed E-state index contributed by atoms with van der Waals surface area (Å²) in [5.74, 6) is 0.842. The third-order valence-electron chi connectivity index (χ3n) is 6.43. The van der Waals surface area contributed by atoms with E-state index >= 15 is 0 Å². The fraction of sp³-hybridized carbons (Fsp3) is 0.360. The van der Waals surface area contributed by atoms with E-state index in [0.29, 0.717) is 17.0 Å². The quantitative estimate of drug-likeness (QED) is 0.515. The molecule has 2 atom stereocenters. The third kappa shape index (κ3) is 4.82. The number of benzene rings is 1. The maximum absolute atomic E-state index is 12.6. The zero-order valence-corrected chi connectivity index (χ0v) is 21.6. The summed E-state index contributed by atoms with van der Waals surface area (Å²) in [6, 6.07) is 13.8. The Hall–Kier alpha value is -2.49. The number of nitrogens with one attached hydrogen (secondary N) is 1. The van der Waals surface area contributed by atoms with Crippen LogP contribution in [0, 0.1) is 19.8 Å². The van der Waals surface area contributed by atoms with Crippen molar-refractivity contribution < 1.29 is 4.79 Å². The summed E-state index contributed by atoms with van der Waals surface area (Å²) in [5, 5.41) is 3.54. The molecular weight excluding hydrogens is 485 g/mol. The van der Waals surface area contributed by atoms with Crippen LogP contribution in [-0.2, 0) is 11.3 Å². The van der Waals surface area contributed by atoms with E-state index in [-0.39, 0.29) is 17.2 Å². The Balaban J connectivity index is 1.17. The van der Waals surface area contributed by atoms with Gasteiger partial charge in [-0.2, -0.15) is 0 Å². The molecule has 0 unspecified atom stereocenters. The van der Waals surface area contributed by atoms with Crippen LogP contribution in [0.5, 0.6) is 0 Å². The van der Waals surface area contributed by atoms with Crippen molar-refractivity contribution in [3.63, 3.8) is 0 Å². The largest absolute Gasteiger partial charge is 0.356 e. The Morgan fingerprint density at radius 2 is 1.97 bits per heavy atom. The molecule has 6 nitrogen and oxygen atoms in total. The van der Waals surface area contributed by atoms with Gasteiger partial charge in [0.1, 0.15) is 4.32 Å². The van der Waals surface area contributed by atoms with E-state index in [9.17, 15) is 9.59 Å². The minimum Gasteiger partial charge on any atom is -0.356 e. The molecule has 1 amide bonds. The molecule has 3 aromatic rings. The van der Waals surface area contributed by atoms with E-state index in [1.54, 1.807) is 6.07 Å². The van der Waals surface area contributed by atoms with E-state index in [2.05, 4.69) is 52.5 Å².